The van der Waals surface area contributed by atoms with Gasteiger partial charge in [0.25, 0.3) is 0 Å². The van der Waals surface area contributed by atoms with E-state index in [1.807, 2.05) is 11.5 Å². The lowest BCUT2D eigenvalue weighted by molar-refractivity contribution is 0.0519. The molecule has 0 saturated heterocycles. The summed E-state index contributed by atoms with van der Waals surface area (Å²) >= 11 is 3.36. The molecule has 1 rings (SSSR count). The Kier molecular flexibility index (Phi) is 4.99. The molecule has 90 valence electrons. The lowest BCUT2D eigenvalue weighted by Crippen LogP contribution is -2.08. The molecule has 1 aromatic heterocycles. The fourth-order valence-corrected chi connectivity index (χ4v) is 2.09. The summed E-state index contributed by atoms with van der Waals surface area (Å²) in [6.45, 7) is 7.05. The molecule has 0 spiro atoms. The monoisotopic (exact) mass is 288 g/mol. The van der Waals surface area contributed by atoms with Crippen LogP contribution in [-0.2, 0) is 11.3 Å². The third-order valence-electron chi connectivity index (χ3n) is 2.38. The minimum Gasteiger partial charge on any atom is -0.461 e. The molecule has 0 radical (unpaired) electrons. The highest BCUT2D eigenvalue weighted by molar-refractivity contribution is 9.10. The fraction of sp³-hybridized carbons (Fsp3) is 0.636. The van der Waals surface area contributed by atoms with Crippen molar-refractivity contribution < 1.29 is 9.53 Å². The third-order valence-corrected chi connectivity index (χ3v) is 2.98. The predicted molar refractivity (Wildman–Crippen MR) is 65.5 cm³/mol. The van der Waals surface area contributed by atoms with Crippen LogP contribution in [0.15, 0.2) is 4.73 Å². The number of hydrogen-bond donors (Lipinski definition) is 0. The van der Waals surface area contributed by atoms with Gasteiger partial charge in [0.2, 0.25) is 0 Å². The number of halogens is 1. The SMILES string of the molecule is CCCCn1c(Br)nc(C(=O)OCC)c1C. The Hall–Kier alpha value is -0.840. The average molecular weight is 289 g/mol. The molecule has 5 heteroatoms. The van der Waals surface area contributed by atoms with Crippen molar-refractivity contribution in [2.45, 2.75) is 40.2 Å². The first-order valence-electron chi connectivity index (χ1n) is 5.51. The van der Waals surface area contributed by atoms with Crippen molar-refractivity contribution in [3.63, 3.8) is 0 Å². The summed E-state index contributed by atoms with van der Waals surface area (Å²) in [7, 11) is 0. The van der Waals surface area contributed by atoms with Crippen LogP contribution in [0.1, 0.15) is 42.9 Å². The van der Waals surface area contributed by atoms with Crippen LogP contribution in [0.3, 0.4) is 0 Å². The molecule has 0 aromatic carbocycles. The van der Waals surface area contributed by atoms with Crippen molar-refractivity contribution in [2.24, 2.45) is 0 Å². The maximum absolute atomic E-state index is 11.6. The van der Waals surface area contributed by atoms with Gasteiger partial charge < -0.3 is 9.30 Å². The van der Waals surface area contributed by atoms with Gasteiger partial charge in [0.05, 0.1) is 12.3 Å². The lowest BCUT2D eigenvalue weighted by atomic mass is 10.3. The maximum atomic E-state index is 11.6. The maximum Gasteiger partial charge on any atom is 0.358 e. The van der Waals surface area contributed by atoms with Crippen LogP contribution in [0.4, 0.5) is 0 Å². The Bertz CT molecular complexity index is 374. The molecule has 0 aliphatic carbocycles. The zero-order valence-electron chi connectivity index (χ0n) is 9.92. The highest BCUT2D eigenvalue weighted by atomic mass is 79.9. The number of ether oxygens (including phenoxy) is 1. The molecule has 0 atom stereocenters. The van der Waals surface area contributed by atoms with Crippen molar-refractivity contribution in [3.05, 3.63) is 16.1 Å². The minimum absolute atomic E-state index is 0.351. The Morgan fingerprint density at radius 3 is 2.75 bits per heavy atom. The molecular formula is C11H17BrN2O2. The molecule has 0 aliphatic rings. The van der Waals surface area contributed by atoms with Crippen LogP contribution >= 0.6 is 15.9 Å². The van der Waals surface area contributed by atoms with Gasteiger partial charge >= 0.3 is 5.97 Å². The highest BCUT2D eigenvalue weighted by Crippen LogP contribution is 2.18. The number of esters is 1. The van der Waals surface area contributed by atoms with Crippen molar-refractivity contribution in [2.75, 3.05) is 6.61 Å². The molecule has 0 fully saturated rings. The van der Waals surface area contributed by atoms with Crippen LogP contribution in [0, 0.1) is 6.92 Å². The number of carbonyl (C=O) groups is 1. The second-order valence-corrected chi connectivity index (χ2v) is 4.25. The molecule has 0 unspecified atom stereocenters. The van der Waals surface area contributed by atoms with Gasteiger partial charge in [0.1, 0.15) is 0 Å². The number of unbranched alkanes of at least 4 members (excludes halogenated alkanes) is 1. The molecule has 4 nitrogen and oxygen atoms in total. The van der Waals surface area contributed by atoms with Crippen LogP contribution < -0.4 is 0 Å². The smallest absolute Gasteiger partial charge is 0.358 e. The van der Waals surface area contributed by atoms with Gasteiger partial charge in [-0.05, 0) is 36.2 Å². The fourth-order valence-electron chi connectivity index (χ4n) is 1.47. The highest BCUT2D eigenvalue weighted by Gasteiger charge is 2.18. The van der Waals surface area contributed by atoms with Crippen LogP contribution in [0.2, 0.25) is 0 Å². The summed E-state index contributed by atoms with van der Waals surface area (Å²) in [6.07, 6.45) is 2.18. The molecule has 0 N–H and O–H groups in total. The Labute approximate surface area is 104 Å². The van der Waals surface area contributed by atoms with E-state index in [9.17, 15) is 4.79 Å². The zero-order valence-corrected chi connectivity index (χ0v) is 11.5. The first-order chi connectivity index (χ1) is 7.61. The molecule has 0 amide bonds. The summed E-state index contributed by atoms with van der Waals surface area (Å²) in [5, 5.41) is 0. The van der Waals surface area contributed by atoms with Crippen molar-refractivity contribution in [3.8, 4) is 0 Å². The van der Waals surface area contributed by atoms with E-state index in [-0.39, 0.29) is 5.97 Å². The van der Waals surface area contributed by atoms with Gasteiger partial charge in [-0.1, -0.05) is 13.3 Å². The molecule has 0 aliphatic heterocycles. The predicted octanol–water partition coefficient (Wildman–Crippen LogP) is 2.93. The van der Waals surface area contributed by atoms with Gasteiger partial charge in [-0.15, -0.1) is 0 Å². The molecule has 1 heterocycles. The third kappa shape index (κ3) is 2.84. The van der Waals surface area contributed by atoms with E-state index < -0.39 is 0 Å². The number of hydrogen-bond acceptors (Lipinski definition) is 3. The zero-order chi connectivity index (χ0) is 12.1. The van der Waals surface area contributed by atoms with Crippen molar-refractivity contribution >= 4 is 21.9 Å². The summed E-state index contributed by atoms with van der Waals surface area (Å²) < 4.78 is 7.64. The van der Waals surface area contributed by atoms with Crippen LogP contribution in [0.25, 0.3) is 0 Å². The van der Waals surface area contributed by atoms with Gasteiger partial charge in [0, 0.05) is 6.54 Å². The van der Waals surface area contributed by atoms with E-state index in [4.69, 9.17) is 4.74 Å². The van der Waals surface area contributed by atoms with Crippen LogP contribution in [-0.4, -0.2) is 22.1 Å². The first-order valence-corrected chi connectivity index (χ1v) is 6.30. The first kappa shape index (κ1) is 13.2. The summed E-state index contributed by atoms with van der Waals surface area (Å²) in [5.41, 5.74) is 1.27. The number of nitrogens with zero attached hydrogens (tertiary/aromatic N) is 2. The van der Waals surface area contributed by atoms with E-state index in [0.717, 1.165) is 25.1 Å². The standard InChI is InChI=1S/C11H17BrN2O2/c1-4-6-7-14-8(3)9(13-11(14)12)10(15)16-5-2/h4-7H2,1-3H3. The van der Waals surface area contributed by atoms with E-state index in [2.05, 4.69) is 27.8 Å². The summed E-state index contributed by atoms with van der Waals surface area (Å²) in [5.74, 6) is -0.351. The summed E-state index contributed by atoms with van der Waals surface area (Å²) in [4.78, 5) is 15.8. The normalized spacial score (nSPS) is 10.5. The molecule has 1 aromatic rings. The molecular weight excluding hydrogens is 272 g/mol. The minimum atomic E-state index is -0.351. The quantitative estimate of drug-likeness (QED) is 0.783. The topological polar surface area (TPSA) is 44.1 Å². The number of aromatic nitrogens is 2. The summed E-state index contributed by atoms with van der Waals surface area (Å²) in [6, 6.07) is 0. The van der Waals surface area contributed by atoms with Gasteiger partial charge in [0.15, 0.2) is 10.4 Å². The van der Waals surface area contributed by atoms with E-state index >= 15 is 0 Å². The van der Waals surface area contributed by atoms with Crippen molar-refractivity contribution in [1.82, 2.24) is 9.55 Å². The number of rotatable bonds is 5. The number of carbonyl (C=O) groups excluding carboxylic acids is 1. The Balaban J connectivity index is 2.92. The number of imidazole rings is 1. The van der Waals surface area contributed by atoms with Gasteiger partial charge in [-0.25, -0.2) is 9.78 Å². The van der Waals surface area contributed by atoms with Gasteiger partial charge in [-0.3, -0.25) is 0 Å². The Morgan fingerprint density at radius 1 is 1.50 bits per heavy atom. The molecule has 0 bridgehead atoms. The Morgan fingerprint density at radius 2 is 2.19 bits per heavy atom. The van der Waals surface area contributed by atoms with E-state index in [1.54, 1.807) is 6.92 Å². The van der Waals surface area contributed by atoms with E-state index in [1.165, 1.54) is 0 Å². The second-order valence-electron chi connectivity index (χ2n) is 3.54. The lowest BCUT2D eigenvalue weighted by Gasteiger charge is -2.05. The molecule has 16 heavy (non-hydrogen) atoms. The van der Waals surface area contributed by atoms with Crippen LogP contribution in [0.5, 0.6) is 0 Å². The second kappa shape index (κ2) is 6.03. The van der Waals surface area contributed by atoms with Crippen molar-refractivity contribution in [1.29, 1.82) is 0 Å². The molecule has 0 saturated carbocycles. The average Bonchev–Trinajstić information content (AvgIpc) is 2.53. The largest absolute Gasteiger partial charge is 0.461 e. The van der Waals surface area contributed by atoms with Gasteiger partial charge in [-0.2, -0.15) is 0 Å². The van der Waals surface area contributed by atoms with E-state index in [0.29, 0.717) is 17.0 Å².